The van der Waals surface area contributed by atoms with Gasteiger partial charge < -0.3 is 44.7 Å². The maximum absolute atomic E-state index is 14.6. The van der Waals surface area contributed by atoms with Crippen molar-refractivity contribution in [3.63, 3.8) is 0 Å². The van der Waals surface area contributed by atoms with Crippen LogP contribution in [0.15, 0.2) is 52.8 Å². The summed E-state index contributed by atoms with van der Waals surface area (Å²) in [6.07, 6.45) is -5.89. The number of carbonyl (C=O) groups is 5. The monoisotopic (exact) mass is 771 g/mol. The average molecular weight is 772 g/mol. The molecule has 2 bridgehead atoms. The summed E-state index contributed by atoms with van der Waals surface area (Å²) in [5.74, 6) is -7.19. The van der Waals surface area contributed by atoms with Gasteiger partial charge in [-0.1, -0.05) is 51.5 Å². The second kappa shape index (κ2) is 16.2. The number of aliphatic hydroxyl groups excluding tert-OH is 3. The maximum Gasteiger partial charge on any atom is 0.407 e. The summed E-state index contributed by atoms with van der Waals surface area (Å²) >= 11 is 0. The molecule has 5 N–H and O–H groups in total. The summed E-state index contributed by atoms with van der Waals surface area (Å²) in [7, 11) is 0. The summed E-state index contributed by atoms with van der Waals surface area (Å²) in [6, 6.07) is 6.76. The van der Waals surface area contributed by atoms with Gasteiger partial charge in [-0.05, 0) is 71.1 Å². The zero-order valence-corrected chi connectivity index (χ0v) is 33.4. The van der Waals surface area contributed by atoms with Gasteiger partial charge in [0.2, 0.25) is 5.78 Å². The molecule has 2 aliphatic carbocycles. The Hall–Kier alpha value is -4.11. The minimum absolute atomic E-state index is 0.0631. The Morgan fingerprint density at radius 2 is 1.67 bits per heavy atom. The number of Topliss-reactive ketones (excluding diaryl/α,β-unsaturated/α-hetero) is 2. The molecule has 1 heterocycles. The number of fused-ring (bicyclic) bond motifs is 2. The number of nitrogens with one attached hydrogen (secondary N) is 1. The second-order valence-corrected chi connectivity index (χ2v) is 17.0. The molecule has 14 nitrogen and oxygen atoms in total. The van der Waals surface area contributed by atoms with E-state index in [0.29, 0.717) is 0 Å². The van der Waals surface area contributed by atoms with Crippen LogP contribution in [0.25, 0.3) is 0 Å². The topological polar surface area (TPSA) is 215 Å². The van der Waals surface area contributed by atoms with Gasteiger partial charge in [-0.25, -0.2) is 9.59 Å². The third kappa shape index (κ3) is 8.37. The molecule has 0 spiro atoms. The molecular formula is C41H57NO13. The molecule has 1 fully saturated rings. The number of ketones is 2. The SMILES string of the molecule is CC(=O)O[C@@]1([C@@H]2/C(C)=C(/O)C(=O)C3=C(C)[C@@H](C(=O)[C@H](O)[C@@H](CC(C)C)NC(=O)OC(C)(C)C)C[C@@](O)([C@H]2OC(=O)c2ccccc2)C3(C)C)CO[C@H]1CCO. The average Bonchev–Trinajstić information content (AvgIpc) is 3.08. The lowest BCUT2D eigenvalue weighted by atomic mass is 9.51. The largest absolute Gasteiger partial charge is 0.504 e. The maximum atomic E-state index is 14.6. The molecule has 3 aliphatic rings. The molecule has 55 heavy (non-hydrogen) atoms. The summed E-state index contributed by atoms with van der Waals surface area (Å²) in [5, 5.41) is 49.5. The first kappa shape index (κ1) is 43.6. The van der Waals surface area contributed by atoms with Crippen LogP contribution in [0.1, 0.15) is 98.9 Å². The van der Waals surface area contributed by atoms with Crippen molar-refractivity contribution in [2.45, 2.75) is 130 Å². The Labute approximate surface area is 322 Å². The summed E-state index contributed by atoms with van der Waals surface area (Å²) in [4.78, 5) is 68.9. The predicted molar refractivity (Wildman–Crippen MR) is 199 cm³/mol. The number of allylic oxidation sites excluding steroid dienone is 2. The van der Waals surface area contributed by atoms with Gasteiger partial charge >= 0.3 is 18.0 Å². The fourth-order valence-corrected chi connectivity index (χ4v) is 8.51. The van der Waals surface area contributed by atoms with Crippen LogP contribution in [0, 0.1) is 23.2 Å². The molecule has 0 radical (unpaired) electrons. The van der Waals surface area contributed by atoms with Crippen molar-refractivity contribution in [3.05, 3.63) is 58.4 Å². The number of esters is 2. The first-order valence-corrected chi connectivity index (χ1v) is 18.7. The van der Waals surface area contributed by atoms with Crippen LogP contribution in [-0.2, 0) is 33.3 Å². The van der Waals surface area contributed by atoms with Crippen LogP contribution in [-0.4, -0.2) is 104 Å². The highest BCUT2D eigenvalue weighted by Gasteiger charge is 2.69. The zero-order valence-electron chi connectivity index (χ0n) is 33.4. The van der Waals surface area contributed by atoms with Gasteiger partial charge in [0.25, 0.3) is 0 Å². The van der Waals surface area contributed by atoms with E-state index in [9.17, 15) is 44.4 Å². The fraction of sp³-hybridized carbons (Fsp3) is 0.634. The molecular weight excluding hydrogens is 714 g/mol. The van der Waals surface area contributed by atoms with Crippen LogP contribution in [0.4, 0.5) is 4.79 Å². The van der Waals surface area contributed by atoms with Crippen LogP contribution in [0.5, 0.6) is 0 Å². The van der Waals surface area contributed by atoms with Crippen molar-refractivity contribution in [3.8, 4) is 0 Å². The van der Waals surface area contributed by atoms with Gasteiger partial charge in [0.05, 0.1) is 24.1 Å². The zero-order chi connectivity index (χ0) is 41.4. The van der Waals surface area contributed by atoms with Crippen LogP contribution in [0.3, 0.4) is 0 Å². The molecule has 1 amide bonds. The number of aliphatic hydroxyl groups is 4. The normalized spacial score (nSPS) is 30.3. The first-order valence-electron chi connectivity index (χ1n) is 18.7. The molecule has 1 aromatic carbocycles. The van der Waals surface area contributed by atoms with Crippen LogP contribution < -0.4 is 5.32 Å². The number of rotatable bonds is 12. The van der Waals surface area contributed by atoms with Crippen LogP contribution >= 0.6 is 0 Å². The Bertz CT molecular complexity index is 1720. The van der Waals surface area contributed by atoms with E-state index in [1.807, 2.05) is 13.8 Å². The fourth-order valence-electron chi connectivity index (χ4n) is 8.51. The highest BCUT2D eigenvalue weighted by atomic mass is 16.6. The van der Waals surface area contributed by atoms with E-state index in [1.54, 1.807) is 39.0 Å². The second-order valence-electron chi connectivity index (χ2n) is 17.0. The minimum Gasteiger partial charge on any atom is -0.504 e. The lowest BCUT2D eigenvalue weighted by molar-refractivity contribution is -0.294. The molecule has 1 aromatic rings. The summed E-state index contributed by atoms with van der Waals surface area (Å²) in [5.41, 5.74) is -6.61. The Morgan fingerprint density at radius 1 is 1.05 bits per heavy atom. The molecule has 304 valence electrons. The van der Waals surface area contributed by atoms with E-state index in [4.69, 9.17) is 18.9 Å². The first-order chi connectivity index (χ1) is 25.4. The third-order valence-electron chi connectivity index (χ3n) is 11.2. The van der Waals surface area contributed by atoms with Gasteiger partial charge in [0.15, 0.2) is 17.1 Å². The van der Waals surface area contributed by atoms with Gasteiger partial charge in [-0.3, -0.25) is 14.4 Å². The molecule has 0 aromatic heterocycles. The third-order valence-corrected chi connectivity index (χ3v) is 11.2. The van der Waals surface area contributed by atoms with E-state index >= 15 is 0 Å². The minimum atomic E-state index is -2.34. The number of benzene rings is 1. The molecule has 0 saturated carbocycles. The van der Waals surface area contributed by atoms with Crippen LogP contribution in [0.2, 0.25) is 0 Å². The van der Waals surface area contributed by atoms with E-state index in [2.05, 4.69) is 5.32 Å². The van der Waals surface area contributed by atoms with Crippen molar-refractivity contribution in [1.82, 2.24) is 5.32 Å². The van der Waals surface area contributed by atoms with Gasteiger partial charge in [-0.2, -0.15) is 0 Å². The molecule has 1 saturated heterocycles. The van der Waals surface area contributed by atoms with Crippen molar-refractivity contribution in [1.29, 1.82) is 0 Å². The molecule has 8 atom stereocenters. The quantitative estimate of drug-likeness (QED) is 0.148. The molecule has 0 unspecified atom stereocenters. The van der Waals surface area contributed by atoms with Gasteiger partial charge in [0, 0.05) is 36.9 Å². The number of hydrogen-bond acceptors (Lipinski definition) is 13. The molecule has 4 rings (SSSR count). The molecule has 14 heteroatoms. The Morgan fingerprint density at radius 3 is 2.18 bits per heavy atom. The highest BCUT2D eigenvalue weighted by molar-refractivity contribution is 6.10. The number of hydrogen-bond donors (Lipinski definition) is 5. The van der Waals surface area contributed by atoms with E-state index < -0.39 is 107 Å². The van der Waals surface area contributed by atoms with Crippen molar-refractivity contribution < 1.29 is 63.3 Å². The summed E-state index contributed by atoms with van der Waals surface area (Å²) in [6.45, 7) is 15.1. The van der Waals surface area contributed by atoms with E-state index in [0.717, 1.165) is 6.92 Å². The van der Waals surface area contributed by atoms with E-state index in [1.165, 1.54) is 39.8 Å². The van der Waals surface area contributed by atoms with Gasteiger partial charge in [-0.15, -0.1) is 0 Å². The van der Waals surface area contributed by atoms with Crippen molar-refractivity contribution in [2.75, 3.05) is 13.2 Å². The highest BCUT2D eigenvalue weighted by Crippen LogP contribution is 2.59. The van der Waals surface area contributed by atoms with E-state index in [-0.39, 0.29) is 47.6 Å². The lowest BCUT2D eigenvalue weighted by Gasteiger charge is -2.60. The van der Waals surface area contributed by atoms with Gasteiger partial charge in [0.1, 0.15) is 29.5 Å². The Balaban J connectivity index is 1.98. The lowest BCUT2D eigenvalue weighted by Crippen LogP contribution is -2.73. The predicted octanol–water partition coefficient (Wildman–Crippen LogP) is 4.29. The summed E-state index contributed by atoms with van der Waals surface area (Å²) < 4.78 is 23.5. The van der Waals surface area contributed by atoms with Crippen molar-refractivity contribution in [2.24, 2.45) is 23.2 Å². The number of carbonyl (C=O) groups excluding carboxylic acids is 5. The van der Waals surface area contributed by atoms with Crippen molar-refractivity contribution >= 4 is 29.6 Å². The number of alkyl carbamates (subject to hydrolysis) is 1. The Kier molecular flexibility index (Phi) is 12.8. The smallest absolute Gasteiger partial charge is 0.407 e. The number of amides is 1. The molecule has 1 aliphatic heterocycles. The standard InChI is InChI=1S/C41H57NO13/c1-21(2)18-27(42-37(50)55-38(6,7)8)33(47)32(46)26-19-41(51)35(53-36(49)25-14-12-11-13-15-25)30(40(54-24(5)44)20-52-28(40)16-17-43)23(4)31(45)34(48)29(22(26)3)39(41,9)10/h11-15,21,26-28,30,33,35,43,45,47,51H,16-20H2,1-10H3,(H,42,50)/b31-23+/t26-,27+,28-,30+,33+,35-,40-,41+/m0/s1. The number of ether oxygens (including phenoxy) is 4.